The fraction of sp³-hybridized carbons (Fsp3) is 0.250. The van der Waals surface area contributed by atoms with Crippen LogP contribution < -0.4 is 19.9 Å². The van der Waals surface area contributed by atoms with Crippen molar-refractivity contribution in [3.8, 4) is 22.8 Å². The minimum absolute atomic E-state index is 0.0515. The van der Waals surface area contributed by atoms with E-state index < -0.39 is 12.4 Å². The lowest BCUT2D eigenvalue weighted by atomic mass is 9.99. The fourth-order valence-electron chi connectivity index (χ4n) is 4.78. The molecule has 2 heterocycles. The number of aromatic nitrogens is 3. The average Bonchev–Trinajstić information content (AvgIpc) is 3.64. The zero-order valence-electron chi connectivity index (χ0n) is 26.0. The van der Waals surface area contributed by atoms with Crippen molar-refractivity contribution in [3.63, 3.8) is 0 Å². The monoisotopic (exact) mass is 665 g/mol. The highest BCUT2D eigenvalue weighted by Crippen LogP contribution is 2.36. The van der Waals surface area contributed by atoms with Crippen molar-refractivity contribution in [3.05, 3.63) is 78.1 Å². The number of alkyl halides is 3. The Kier molecular flexibility index (Phi) is 9.38. The van der Waals surface area contributed by atoms with E-state index in [4.69, 9.17) is 0 Å². The van der Waals surface area contributed by atoms with E-state index in [1.165, 1.54) is 52.0 Å². The number of carbonyl (C=O) groups is 3. The van der Waals surface area contributed by atoms with E-state index in [2.05, 4.69) is 25.1 Å². The summed E-state index contributed by atoms with van der Waals surface area (Å²) >= 11 is 1.15. The maximum Gasteiger partial charge on any atom is 0.573 e. The van der Waals surface area contributed by atoms with Crippen LogP contribution in [0.25, 0.3) is 17.1 Å². The van der Waals surface area contributed by atoms with E-state index in [0.717, 1.165) is 17.3 Å². The quantitative estimate of drug-likeness (QED) is 0.228. The summed E-state index contributed by atoms with van der Waals surface area (Å²) in [5.74, 6) is -0.230. The molecule has 0 radical (unpaired) electrons. The van der Waals surface area contributed by atoms with Crippen molar-refractivity contribution < 1.29 is 32.3 Å². The number of amidine groups is 1. The number of ether oxygens (including phenoxy) is 1. The molecule has 3 aromatic carbocycles. The largest absolute Gasteiger partial charge is 0.573 e. The van der Waals surface area contributed by atoms with Crippen LogP contribution >= 0.6 is 11.8 Å². The lowest BCUT2D eigenvalue weighted by molar-refractivity contribution is -0.274. The number of aryl methyl sites for hydroxylation is 1. The Morgan fingerprint density at radius 1 is 1.09 bits per heavy atom. The number of thioether (sulfide) groups is 1. The van der Waals surface area contributed by atoms with E-state index in [-0.39, 0.29) is 34.4 Å². The van der Waals surface area contributed by atoms with Crippen LogP contribution in [0, 0.1) is 6.92 Å². The molecule has 4 amide bonds. The molecule has 5 rings (SSSR count). The van der Waals surface area contributed by atoms with Gasteiger partial charge in [0.2, 0.25) is 11.8 Å². The van der Waals surface area contributed by atoms with Crippen LogP contribution in [0.1, 0.15) is 37.8 Å². The molecule has 0 bridgehead atoms. The van der Waals surface area contributed by atoms with Crippen molar-refractivity contribution in [1.82, 2.24) is 14.8 Å². The highest BCUT2D eigenvalue weighted by atomic mass is 32.2. The fourth-order valence-corrected chi connectivity index (χ4v) is 5.64. The van der Waals surface area contributed by atoms with Crippen LogP contribution in [0.2, 0.25) is 0 Å². The minimum atomic E-state index is -4.79. The summed E-state index contributed by atoms with van der Waals surface area (Å²) in [6, 6.07) is 15.1. The second kappa shape index (κ2) is 13.3. The van der Waals surface area contributed by atoms with Crippen LogP contribution in [0.4, 0.5) is 35.0 Å². The van der Waals surface area contributed by atoms with Crippen LogP contribution in [0.5, 0.6) is 5.75 Å². The number of nitrogens with zero attached hydrogens (tertiary/aromatic N) is 6. The number of amides is 4. The van der Waals surface area contributed by atoms with Crippen molar-refractivity contribution in [1.29, 1.82) is 0 Å². The molecule has 1 N–H and O–H groups in total. The van der Waals surface area contributed by atoms with E-state index in [1.54, 1.807) is 38.2 Å². The number of rotatable bonds is 7. The van der Waals surface area contributed by atoms with Crippen molar-refractivity contribution in [2.24, 2.45) is 4.99 Å². The third-order valence-electron chi connectivity index (χ3n) is 7.25. The normalized spacial score (nSPS) is 14.2. The van der Waals surface area contributed by atoms with Gasteiger partial charge in [-0.15, -0.1) is 18.3 Å². The standard InChI is InChI=1S/C32H30F3N7O4S/c1-18(2)25-12-9-23(40(5)20(4)43)15-27(25)42-28(44)16-47-31(42)38-30(45)37-26-13-6-21(14-19(26)3)29-36-17-41(39-29)22-7-10-24(11-8-22)46-32(33,34)35/h6-15,17-18H,16H2,1-5H3,(H,37,45). The first kappa shape index (κ1) is 33.2. The molecule has 0 unspecified atom stereocenters. The zero-order valence-corrected chi connectivity index (χ0v) is 26.8. The molecule has 244 valence electrons. The molecular weight excluding hydrogens is 635 g/mol. The van der Waals surface area contributed by atoms with Gasteiger partial charge in [-0.3, -0.25) is 14.5 Å². The summed E-state index contributed by atoms with van der Waals surface area (Å²) in [7, 11) is 1.65. The molecule has 1 saturated heterocycles. The minimum Gasteiger partial charge on any atom is -0.406 e. The molecule has 1 fully saturated rings. The van der Waals surface area contributed by atoms with Crippen LogP contribution in [-0.4, -0.2) is 56.9 Å². The Balaban J connectivity index is 1.33. The Morgan fingerprint density at radius 2 is 1.81 bits per heavy atom. The number of aliphatic imine (C=N–C) groups is 1. The maximum atomic E-state index is 13.1. The molecule has 47 heavy (non-hydrogen) atoms. The number of benzene rings is 3. The molecule has 1 aliphatic heterocycles. The molecule has 1 aliphatic rings. The predicted octanol–water partition coefficient (Wildman–Crippen LogP) is 6.92. The summed E-state index contributed by atoms with van der Waals surface area (Å²) in [6.07, 6.45) is -3.35. The lowest BCUT2D eigenvalue weighted by Gasteiger charge is -2.24. The Hall–Kier alpha value is -5.18. The number of carbonyl (C=O) groups excluding carboxylic acids is 3. The van der Waals surface area contributed by atoms with Crippen LogP contribution in [0.15, 0.2) is 72.0 Å². The van der Waals surface area contributed by atoms with Gasteiger partial charge >= 0.3 is 12.4 Å². The molecule has 0 aliphatic carbocycles. The lowest BCUT2D eigenvalue weighted by Crippen LogP contribution is -2.32. The second-order valence-corrected chi connectivity index (χ2v) is 11.8. The number of urea groups is 1. The van der Waals surface area contributed by atoms with Gasteiger partial charge in [0.1, 0.15) is 12.1 Å². The van der Waals surface area contributed by atoms with Gasteiger partial charge in [0.25, 0.3) is 0 Å². The summed E-state index contributed by atoms with van der Waals surface area (Å²) < 4.78 is 42.7. The Morgan fingerprint density at radius 3 is 2.45 bits per heavy atom. The number of halogens is 3. The van der Waals surface area contributed by atoms with Gasteiger partial charge in [-0.05, 0) is 78.6 Å². The molecule has 0 saturated carbocycles. The van der Waals surface area contributed by atoms with Crippen molar-refractivity contribution in [2.75, 3.05) is 27.9 Å². The first-order chi connectivity index (χ1) is 22.2. The first-order valence-electron chi connectivity index (χ1n) is 14.3. The van der Waals surface area contributed by atoms with E-state index in [1.807, 2.05) is 26.0 Å². The number of hydrogen-bond donors (Lipinski definition) is 1. The summed E-state index contributed by atoms with van der Waals surface area (Å²) in [4.78, 5) is 49.6. The highest BCUT2D eigenvalue weighted by molar-refractivity contribution is 8.15. The second-order valence-electron chi connectivity index (χ2n) is 10.9. The van der Waals surface area contributed by atoms with Gasteiger partial charge in [0, 0.05) is 30.9 Å². The van der Waals surface area contributed by atoms with Gasteiger partial charge in [-0.1, -0.05) is 31.7 Å². The number of nitrogens with one attached hydrogen (secondary N) is 1. The summed E-state index contributed by atoms with van der Waals surface area (Å²) in [5.41, 5.74) is 4.33. The number of anilines is 3. The predicted molar refractivity (Wildman–Crippen MR) is 174 cm³/mol. The maximum absolute atomic E-state index is 13.1. The molecule has 0 atom stereocenters. The van der Waals surface area contributed by atoms with E-state index >= 15 is 0 Å². The van der Waals surface area contributed by atoms with Gasteiger partial charge in [0.15, 0.2) is 11.0 Å². The Bertz CT molecular complexity index is 1870. The van der Waals surface area contributed by atoms with Crippen molar-refractivity contribution >= 4 is 51.8 Å². The molecule has 15 heteroatoms. The SMILES string of the molecule is CC(=O)N(C)c1ccc(C(C)C)c(N2C(=O)CSC2=NC(=O)Nc2ccc(-c3ncn(-c4ccc(OC(F)(F)F)cc4)n3)cc2C)c1. The van der Waals surface area contributed by atoms with E-state index in [0.29, 0.717) is 39.7 Å². The molecule has 1 aromatic heterocycles. The highest BCUT2D eigenvalue weighted by Gasteiger charge is 2.33. The summed E-state index contributed by atoms with van der Waals surface area (Å²) in [6.45, 7) is 7.22. The molecule has 4 aromatic rings. The Labute approximate surface area is 272 Å². The smallest absolute Gasteiger partial charge is 0.406 e. The van der Waals surface area contributed by atoms with E-state index in [9.17, 15) is 27.6 Å². The van der Waals surface area contributed by atoms with Gasteiger partial charge in [0.05, 0.1) is 17.1 Å². The topological polar surface area (TPSA) is 122 Å². The molecular formula is C32H30F3N7O4S. The first-order valence-corrected chi connectivity index (χ1v) is 15.3. The van der Waals surface area contributed by atoms with Gasteiger partial charge < -0.3 is 15.0 Å². The van der Waals surface area contributed by atoms with Crippen LogP contribution in [-0.2, 0) is 9.59 Å². The van der Waals surface area contributed by atoms with Crippen LogP contribution in [0.3, 0.4) is 0 Å². The van der Waals surface area contributed by atoms with Gasteiger partial charge in [-0.2, -0.15) is 4.99 Å². The molecule has 11 nitrogen and oxygen atoms in total. The third-order valence-corrected chi connectivity index (χ3v) is 8.18. The zero-order chi connectivity index (χ0) is 34.0. The van der Waals surface area contributed by atoms with Gasteiger partial charge in [-0.25, -0.2) is 14.5 Å². The third kappa shape index (κ3) is 7.62. The van der Waals surface area contributed by atoms with Crippen molar-refractivity contribution in [2.45, 2.75) is 40.0 Å². The molecule has 0 spiro atoms. The summed E-state index contributed by atoms with van der Waals surface area (Å²) in [5, 5.41) is 7.41. The average molecular weight is 666 g/mol. The number of hydrogen-bond acceptors (Lipinski definition) is 7.